The number of ether oxygens (including phenoxy) is 2. The first-order valence-corrected chi connectivity index (χ1v) is 8.10. The number of rotatable bonds is 6. The molecule has 128 valence electrons. The Morgan fingerprint density at radius 3 is 2.48 bits per heavy atom. The van der Waals surface area contributed by atoms with Gasteiger partial charge in [-0.2, -0.15) is 0 Å². The van der Waals surface area contributed by atoms with Gasteiger partial charge in [-0.25, -0.2) is 4.79 Å². The molecule has 0 radical (unpaired) electrons. The standard InChI is InChI=1S/C20H19NO4/c1-24-20(23)17-14-21(18-11-6-5-10-16(17)18)19(22)12-7-13-25-15-8-3-2-4-9-15/h2-6,8-11,14H,7,12-13H2,1H3. The minimum Gasteiger partial charge on any atom is -0.494 e. The van der Waals surface area contributed by atoms with Crippen molar-refractivity contribution >= 4 is 22.8 Å². The Morgan fingerprint density at radius 2 is 1.72 bits per heavy atom. The molecule has 25 heavy (non-hydrogen) atoms. The summed E-state index contributed by atoms with van der Waals surface area (Å²) in [6.45, 7) is 0.457. The molecule has 1 aromatic heterocycles. The summed E-state index contributed by atoms with van der Waals surface area (Å²) in [5, 5.41) is 0.711. The second-order valence-electron chi connectivity index (χ2n) is 5.58. The zero-order valence-corrected chi connectivity index (χ0v) is 14.0. The van der Waals surface area contributed by atoms with E-state index < -0.39 is 5.97 Å². The van der Waals surface area contributed by atoms with Crippen LogP contribution in [0.5, 0.6) is 5.75 Å². The summed E-state index contributed by atoms with van der Waals surface area (Å²) >= 11 is 0. The Balaban J connectivity index is 1.69. The SMILES string of the molecule is COC(=O)c1cn(C(=O)CCCOc2ccccc2)c2ccccc12. The lowest BCUT2D eigenvalue weighted by Gasteiger charge is -2.06. The fourth-order valence-corrected chi connectivity index (χ4v) is 2.71. The van der Waals surface area contributed by atoms with Crippen molar-refractivity contribution in [3.63, 3.8) is 0 Å². The molecule has 0 atom stereocenters. The predicted molar refractivity (Wildman–Crippen MR) is 95.1 cm³/mol. The van der Waals surface area contributed by atoms with Gasteiger partial charge in [0.1, 0.15) is 5.75 Å². The second-order valence-corrected chi connectivity index (χ2v) is 5.58. The molecule has 0 aliphatic heterocycles. The van der Waals surface area contributed by atoms with Crippen LogP contribution in [0.15, 0.2) is 60.8 Å². The van der Waals surface area contributed by atoms with Gasteiger partial charge in [0.15, 0.2) is 0 Å². The quantitative estimate of drug-likeness (QED) is 0.505. The molecule has 0 N–H and O–H groups in total. The van der Waals surface area contributed by atoms with Crippen molar-refractivity contribution in [2.45, 2.75) is 12.8 Å². The molecule has 2 aromatic carbocycles. The van der Waals surface area contributed by atoms with E-state index in [1.165, 1.54) is 11.7 Å². The molecule has 0 aliphatic carbocycles. The van der Waals surface area contributed by atoms with E-state index in [4.69, 9.17) is 9.47 Å². The normalized spacial score (nSPS) is 10.6. The number of para-hydroxylation sites is 2. The van der Waals surface area contributed by atoms with E-state index in [1.54, 1.807) is 6.20 Å². The molecule has 5 nitrogen and oxygen atoms in total. The number of hydrogen-bond acceptors (Lipinski definition) is 4. The lowest BCUT2D eigenvalue weighted by molar-refractivity contribution is 0.0603. The fourth-order valence-electron chi connectivity index (χ4n) is 2.71. The van der Waals surface area contributed by atoms with E-state index in [0.29, 0.717) is 35.9 Å². The van der Waals surface area contributed by atoms with Crippen molar-refractivity contribution in [3.05, 3.63) is 66.4 Å². The molecule has 5 heteroatoms. The largest absolute Gasteiger partial charge is 0.494 e. The zero-order chi connectivity index (χ0) is 17.6. The van der Waals surface area contributed by atoms with E-state index in [2.05, 4.69) is 0 Å². The van der Waals surface area contributed by atoms with Gasteiger partial charge >= 0.3 is 5.97 Å². The van der Waals surface area contributed by atoms with Crippen molar-refractivity contribution in [3.8, 4) is 5.75 Å². The van der Waals surface area contributed by atoms with Gasteiger partial charge in [-0.1, -0.05) is 36.4 Å². The summed E-state index contributed by atoms with van der Waals surface area (Å²) in [6.07, 6.45) is 2.47. The van der Waals surface area contributed by atoms with Gasteiger partial charge in [-0.15, -0.1) is 0 Å². The van der Waals surface area contributed by atoms with Crippen molar-refractivity contribution in [2.24, 2.45) is 0 Å². The smallest absolute Gasteiger partial charge is 0.340 e. The van der Waals surface area contributed by atoms with Crippen LogP contribution < -0.4 is 4.74 Å². The Morgan fingerprint density at radius 1 is 1.00 bits per heavy atom. The van der Waals surface area contributed by atoms with Crippen LogP contribution in [0.25, 0.3) is 10.9 Å². The van der Waals surface area contributed by atoms with Crippen molar-refractivity contribution in [1.29, 1.82) is 0 Å². The minimum atomic E-state index is -0.449. The highest BCUT2D eigenvalue weighted by Gasteiger charge is 2.18. The first-order chi connectivity index (χ1) is 12.2. The van der Waals surface area contributed by atoms with Crippen LogP contribution in [0.2, 0.25) is 0 Å². The third kappa shape index (κ3) is 3.71. The highest BCUT2D eigenvalue weighted by atomic mass is 16.5. The Bertz CT molecular complexity index is 883. The number of hydrogen-bond donors (Lipinski definition) is 0. The first kappa shape index (κ1) is 16.8. The molecule has 1 heterocycles. The molecule has 0 bridgehead atoms. The Kier molecular flexibility index (Phi) is 5.14. The molecular formula is C20H19NO4. The van der Waals surface area contributed by atoms with E-state index in [0.717, 1.165) is 5.75 Å². The van der Waals surface area contributed by atoms with Gasteiger partial charge in [0.2, 0.25) is 5.91 Å². The molecule has 0 spiro atoms. The van der Waals surface area contributed by atoms with Crippen LogP contribution in [0.3, 0.4) is 0 Å². The van der Waals surface area contributed by atoms with Crippen molar-refractivity contribution < 1.29 is 19.1 Å². The van der Waals surface area contributed by atoms with Gasteiger partial charge in [0.25, 0.3) is 0 Å². The van der Waals surface area contributed by atoms with Crippen molar-refractivity contribution in [2.75, 3.05) is 13.7 Å². The van der Waals surface area contributed by atoms with Crippen LogP contribution >= 0.6 is 0 Å². The molecular weight excluding hydrogens is 318 g/mol. The maximum absolute atomic E-state index is 12.5. The van der Waals surface area contributed by atoms with E-state index in [1.807, 2.05) is 54.6 Å². The summed E-state index contributed by atoms with van der Waals surface area (Å²) in [6, 6.07) is 16.8. The van der Waals surface area contributed by atoms with Crippen LogP contribution in [0, 0.1) is 0 Å². The Labute approximate surface area is 145 Å². The average Bonchev–Trinajstić information content (AvgIpc) is 3.05. The number of aromatic nitrogens is 1. The number of fused-ring (bicyclic) bond motifs is 1. The van der Waals surface area contributed by atoms with Crippen molar-refractivity contribution in [1.82, 2.24) is 4.57 Å². The highest BCUT2D eigenvalue weighted by molar-refractivity contribution is 6.07. The second kappa shape index (κ2) is 7.66. The van der Waals surface area contributed by atoms with Crippen LogP contribution in [-0.2, 0) is 4.74 Å². The molecule has 3 rings (SSSR count). The minimum absolute atomic E-state index is 0.0805. The van der Waals surface area contributed by atoms with E-state index >= 15 is 0 Å². The summed E-state index contributed by atoms with van der Waals surface area (Å²) in [4.78, 5) is 24.5. The van der Waals surface area contributed by atoms with Gasteiger partial charge in [0.05, 0.1) is 24.8 Å². The number of carbonyl (C=O) groups is 2. The molecule has 3 aromatic rings. The highest BCUT2D eigenvalue weighted by Crippen LogP contribution is 2.22. The molecule has 0 aliphatic rings. The van der Waals surface area contributed by atoms with Gasteiger partial charge in [0, 0.05) is 18.0 Å². The number of carbonyl (C=O) groups excluding carboxylic acids is 2. The molecule has 0 saturated carbocycles. The van der Waals surface area contributed by atoms with Gasteiger partial charge in [-0.05, 0) is 24.6 Å². The topological polar surface area (TPSA) is 57.5 Å². The van der Waals surface area contributed by atoms with Crippen LogP contribution in [-0.4, -0.2) is 30.2 Å². The maximum Gasteiger partial charge on any atom is 0.340 e. The molecule has 0 amide bonds. The summed E-state index contributed by atoms with van der Waals surface area (Å²) in [5.74, 6) is 0.257. The third-order valence-electron chi connectivity index (χ3n) is 3.93. The lowest BCUT2D eigenvalue weighted by atomic mass is 10.2. The van der Waals surface area contributed by atoms with E-state index in [-0.39, 0.29) is 5.91 Å². The fraction of sp³-hybridized carbons (Fsp3) is 0.200. The zero-order valence-electron chi connectivity index (χ0n) is 14.0. The lowest BCUT2D eigenvalue weighted by Crippen LogP contribution is -2.11. The molecule has 0 saturated heterocycles. The number of esters is 1. The predicted octanol–water partition coefficient (Wildman–Crippen LogP) is 3.93. The summed E-state index contributed by atoms with van der Waals surface area (Å²) in [5.41, 5.74) is 1.10. The number of benzene rings is 2. The van der Waals surface area contributed by atoms with Gasteiger partial charge < -0.3 is 9.47 Å². The van der Waals surface area contributed by atoms with E-state index in [9.17, 15) is 9.59 Å². The monoisotopic (exact) mass is 337 g/mol. The van der Waals surface area contributed by atoms with Gasteiger partial charge in [-0.3, -0.25) is 9.36 Å². The molecule has 0 unspecified atom stereocenters. The number of nitrogens with zero attached hydrogens (tertiary/aromatic N) is 1. The van der Waals surface area contributed by atoms with Crippen LogP contribution in [0.1, 0.15) is 28.0 Å². The van der Waals surface area contributed by atoms with Crippen LogP contribution in [0.4, 0.5) is 0 Å². The first-order valence-electron chi connectivity index (χ1n) is 8.10. The Hall–Kier alpha value is -3.08. The third-order valence-corrected chi connectivity index (χ3v) is 3.93. The average molecular weight is 337 g/mol. The maximum atomic E-state index is 12.5. The number of methoxy groups -OCH3 is 1. The molecule has 0 fully saturated rings. The summed E-state index contributed by atoms with van der Waals surface area (Å²) in [7, 11) is 1.33. The summed E-state index contributed by atoms with van der Waals surface area (Å²) < 4.78 is 11.9.